The van der Waals surface area contributed by atoms with Crippen LogP contribution in [0.1, 0.15) is 24.3 Å². The maximum absolute atomic E-state index is 11.4. The second-order valence-corrected chi connectivity index (χ2v) is 6.27. The normalized spacial score (nSPS) is 14.4. The van der Waals surface area contributed by atoms with Crippen LogP contribution in [0.3, 0.4) is 0 Å². The molecule has 5 nitrogen and oxygen atoms in total. The van der Waals surface area contributed by atoms with Crippen LogP contribution in [0.5, 0.6) is 0 Å². The van der Waals surface area contributed by atoms with Gasteiger partial charge in [-0.15, -0.1) is 0 Å². The molecule has 0 aliphatic carbocycles. The number of rotatable bonds is 5. The summed E-state index contributed by atoms with van der Waals surface area (Å²) < 4.78 is 16.7. The topological polar surface area (TPSA) is 66.6 Å². The Hall–Kier alpha value is -2.08. The van der Waals surface area contributed by atoms with Crippen LogP contribution in [0.15, 0.2) is 57.0 Å². The van der Waals surface area contributed by atoms with E-state index in [2.05, 4.69) is 22.5 Å². The third kappa shape index (κ3) is 4.46. The van der Waals surface area contributed by atoms with Crippen molar-refractivity contribution in [3.63, 3.8) is 0 Å². The number of aliphatic imine (C=N–C) groups is 1. The number of hydrogen-bond acceptors (Lipinski definition) is 3. The van der Waals surface area contributed by atoms with Crippen molar-refractivity contribution in [2.45, 2.75) is 24.4 Å². The maximum atomic E-state index is 11.4. The summed E-state index contributed by atoms with van der Waals surface area (Å²) in [4.78, 5) is 5.03. The molecule has 2 atom stereocenters. The number of furan rings is 1. The first kappa shape index (κ1) is 16.3. The molecule has 0 saturated carbocycles. The van der Waals surface area contributed by atoms with Crippen molar-refractivity contribution in [2.24, 2.45) is 4.99 Å². The predicted octanol–water partition coefficient (Wildman–Crippen LogP) is 2.44. The highest BCUT2D eigenvalue weighted by atomic mass is 32.2. The molecule has 2 N–H and O–H groups in total. The van der Waals surface area contributed by atoms with E-state index < -0.39 is 10.8 Å². The Bertz CT molecular complexity index is 636. The lowest BCUT2D eigenvalue weighted by atomic mass is 10.1. The van der Waals surface area contributed by atoms with Crippen molar-refractivity contribution >= 4 is 16.8 Å². The standard InChI is InChI=1S/C16H21N3O2S/c1-12(13-6-8-15(9-7-13)22(3)20)19-16(17-2)18-11-14-5-4-10-21-14/h4-10,12H,11H2,1-3H3,(H2,17,18,19). The predicted molar refractivity (Wildman–Crippen MR) is 89.2 cm³/mol. The molecule has 22 heavy (non-hydrogen) atoms. The lowest BCUT2D eigenvalue weighted by Gasteiger charge is -2.18. The summed E-state index contributed by atoms with van der Waals surface area (Å²) >= 11 is 0. The zero-order valence-electron chi connectivity index (χ0n) is 13.0. The van der Waals surface area contributed by atoms with Crippen LogP contribution in [-0.4, -0.2) is 23.5 Å². The van der Waals surface area contributed by atoms with Gasteiger partial charge in [0.25, 0.3) is 0 Å². The molecule has 0 radical (unpaired) electrons. The molecule has 2 rings (SSSR count). The molecular weight excluding hydrogens is 298 g/mol. The van der Waals surface area contributed by atoms with Gasteiger partial charge < -0.3 is 15.1 Å². The third-order valence-electron chi connectivity index (χ3n) is 3.30. The highest BCUT2D eigenvalue weighted by Crippen LogP contribution is 2.14. The molecule has 0 fully saturated rings. The SMILES string of the molecule is CN=C(NCc1ccco1)NC(C)c1ccc(S(C)=O)cc1. The Morgan fingerprint density at radius 2 is 2.05 bits per heavy atom. The lowest BCUT2D eigenvalue weighted by molar-refractivity contribution is 0.500. The number of benzene rings is 1. The van der Waals surface area contributed by atoms with E-state index in [1.54, 1.807) is 19.6 Å². The van der Waals surface area contributed by atoms with E-state index in [9.17, 15) is 4.21 Å². The van der Waals surface area contributed by atoms with Crippen molar-refractivity contribution in [2.75, 3.05) is 13.3 Å². The van der Waals surface area contributed by atoms with Gasteiger partial charge in [0, 0.05) is 29.0 Å². The summed E-state index contributed by atoms with van der Waals surface area (Å²) in [6, 6.07) is 11.6. The monoisotopic (exact) mass is 319 g/mol. The Labute approximate surface area is 133 Å². The quantitative estimate of drug-likeness (QED) is 0.656. The minimum absolute atomic E-state index is 0.0853. The van der Waals surface area contributed by atoms with Crippen LogP contribution in [0.4, 0.5) is 0 Å². The van der Waals surface area contributed by atoms with Crippen LogP contribution in [0.25, 0.3) is 0 Å². The fourth-order valence-corrected chi connectivity index (χ4v) is 2.53. The summed E-state index contributed by atoms with van der Waals surface area (Å²) in [7, 11) is 0.780. The van der Waals surface area contributed by atoms with E-state index in [1.165, 1.54) is 0 Å². The summed E-state index contributed by atoms with van der Waals surface area (Å²) in [6.45, 7) is 2.63. The van der Waals surface area contributed by atoms with Crippen molar-refractivity contribution in [3.05, 3.63) is 54.0 Å². The molecule has 0 aliphatic rings. The van der Waals surface area contributed by atoms with E-state index >= 15 is 0 Å². The van der Waals surface area contributed by atoms with Crippen molar-refractivity contribution in [1.82, 2.24) is 10.6 Å². The smallest absolute Gasteiger partial charge is 0.191 e. The minimum Gasteiger partial charge on any atom is -0.467 e. The van der Waals surface area contributed by atoms with E-state index in [0.717, 1.165) is 16.2 Å². The molecule has 6 heteroatoms. The van der Waals surface area contributed by atoms with Crippen LogP contribution in [-0.2, 0) is 17.3 Å². The van der Waals surface area contributed by atoms with E-state index in [1.807, 2.05) is 36.4 Å². The van der Waals surface area contributed by atoms with Crippen molar-refractivity contribution in [1.29, 1.82) is 0 Å². The first-order chi connectivity index (χ1) is 10.6. The van der Waals surface area contributed by atoms with Crippen molar-refractivity contribution < 1.29 is 8.63 Å². The average Bonchev–Trinajstić information content (AvgIpc) is 3.04. The number of guanidine groups is 1. The molecule has 1 aromatic carbocycles. The first-order valence-corrected chi connectivity index (χ1v) is 8.59. The van der Waals surface area contributed by atoms with Gasteiger partial charge in [0.2, 0.25) is 0 Å². The molecule has 0 bridgehead atoms. The Morgan fingerprint density at radius 1 is 1.32 bits per heavy atom. The molecule has 1 aromatic heterocycles. The number of nitrogens with one attached hydrogen (secondary N) is 2. The zero-order valence-corrected chi connectivity index (χ0v) is 13.8. The van der Waals surface area contributed by atoms with Crippen LogP contribution >= 0.6 is 0 Å². The number of nitrogens with zero attached hydrogens (tertiary/aromatic N) is 1. The summed E-state index contributed by atoms with van der Waals surface area (Å²) in [5.41, 5.74) is 1.11. The molecule has 118 valence electrons. The van der Waals surface area contributed by atoms with Gasteiger partial charge in [-0.25, -0.2) is 0 Å². The second kappa shape index (κ2) is 7.79. The zero-order chi connectivity index (χ0) is 15.9. The lowest BCUT2D eigenvalue weighted by Crippen LogP contribution is -2.38. The van der Waals surface area contributed by atoms with Gasteiger partial charge in [-0.1, -0.05) is 12.1 Å². The van der Waals surface area contributed by atoms with Crippen LogP contribution < -0.4 is 10.6 Å². The summed E-state index contributed by atoms with van der Waals surface area (Å²) in [5.74, 6) is 1.55. The molecular formula is C16H21N3O2S. The molecule has 0 amide bonds. The summed E-state index contributed by atoms with van der Waals surface area (Å²) in [6.07, 6.45) is 3.33. The Balaban J connectivity index is 1.93. The molecule has 0 spiro atoms. The van der Waals surface area contributed by atoms with Gasteiger partial charge in [0.1, 0.15) is 5.76 Å². The molecule has 0 saturated heterocycles. The van der Waals surface area contributed by atoms with Crippen LogP contribution in [0, 0.1) is 0 Å². The van der Waals surface area contributed by atoms with Gasteiger partial charge in [-0.3, -0.25) is 9.20 Å². The van der Waals surface area contributed by atoms with Gasteiger partial charge in [-0.2, -0.15) is 0 Å². The van der Waals surface area contributed by atoms with E-state index in [-0.39, 0.29) is 6.04 Å². The fraction of sp³-hybridized carbons (Fsp3) is 0.312. The highest BCUT2D eigenvalue weighted by molar-refractivity contribution is 7.84. The van der Waals surface area contributed by atoms with Gasteiger partial charge in [0.15, 0.2) is 5.96 Å². The average molecular weight is 319 g/mol. The molecule has 2 unspecified atom stereocenters. The first-order valence-electron chi connectivity index (χ1n) is 7.03. The molecule has 1 heterocycles. The molecule has 2 aromatic rings. The Morgan fingerprint density at radius 3 is 2.59 bits per heavy atom. The largest absolute Gasteiger partial charge is 0.467 e. The van der Waals surface area contributed by atoms with Gasteiger partial charge in [0.05, 0.1) is 18.8 Å². The van der Waals surface area contributed by atoms with Gasteiger partial charge >= 0.3 is 0 Å². The molecule has 0 aliphatic heterocycles. The van der Waals surface area contributed by atoms with Crippen LogP contribution in [0.2, 0.25) is 0 Å². The van der Waals surface area contributed by atoms with Gasteiger partial charge in [-0.05, 0) is 36.8 Å². The highest BCUT2D eigenvalue weighted by Gasteiger charge is 2.08. The Kier molecular flexibility index (Phi) is 5.77. The number of hydrogen-bond donors (Lipinski definition) is 2. The van der Waals surface area contributed by atoms with E-state index in [0.29, 0.717) is 12.5 Å². The third-order valence-corrected chi connectivity index (χ3v) is 4.24. The fourth-order valence-electron chi connectivity index (χ4n) is 2.02. The van der Waals surface area contributed by atoms with Crippen molar-refractivity contribution in [3.8, 4) is 0 Å². The maximum Gasteiger partial charge on any atom is 0.191 e. The minimum atomic E-state index is -0.950. The summed E-state index contributed by atoms with van der Waals surface area (Å²) in [5, 5.41) is 6.51. The van der Waals surface area contributed by atoms with E-state index in [4.69, 9.17) is 4.42 Å². The second-order valence-electron chi connectivity index (χ2n) is 4.89.